The first-order chi connectivity index (χ1) is 16.2. The SMILES string of the molecule is O=C(CNC(=O)Cc1cccc2ccccc12)NCc1nn(-c2ccccc2)c2c1CCC2. The molecule has 33 heavy (non-hydrogen) atoms. The van der Waals surface area contributed by atoms with Gasteiger partial charge in [0.05, 0.1) is 30.9 Å². The summed E-state index contributed by atoms with van der Waals surface area (Å²) in [6.45, 7) is 0.311. The van der Waals surface area contributed by atoms with Crippen molar-refractivity contribution in [2.75, 3.05) is 6.54 Å². The summed E-state index contributed by atoms with van der Waals surface area (Å²) in [5.74, 6) is -0.391. The average molecular weight is 439 g/mol. The van der Waals surface area contributed by atoms with Crippen molar-refractivity contribution >= 4 is 22.6 Å². The van der Waals surface area contributed by atoms with Crippen LogP contribution in [0.15, 0.2) is 72.8 Å². The molecule has 0 saturated heterocycles. The fourth-order valence-electron chi connectivity index (χ4n) is 4.54. The molecule has 5 rings (SSSR count). The van der Waals surface area contributed by atoms with Crippen LogP contribution in [-0.4, -0.2) is 28.1 Å². The Kier molecular flexibility index (Phi) is 5.89. The first-order valence-electron chi connectivity index (χ1n) is 11.3. The summed E-state index contributed by atoms with van der Waals surface area (Å²) in [7, 11) is 0. The Morgan fingerprint density at radius 3 is 2.52 bits per heavy atom. The number of carbonyl (C=O) groups is 2. The Bertz CT molecular complexity index is 1310. The molecule has 0 fully saturated rings. The van der Waals surface area contributed by atoms with E-state index in [1.807, 2.05) is 77.5 Å². The molecule has 6 heteroatoms. The lowest BCUT2D eigenvalue weighted by Crippen LogP contribution is -2.37. The molecule has 0 bridgehead atoms. The molecule has 6 nitrogen and oxygen atoms in total. The number of benzene rings is 3. The second-order valence-corrected chi connectivity index (χ2v) is 8.34. The van der Waals surface area contributed by atoms with Crippen molar-refractivity contribution < 1.29 is 9.59 Å². The second kappa shape index (κ2) is 9.28. The fraction of sp³-hybridized carbons (Fsp3) is 0.222. The molecule has 3 aromatic carbocycles. The highest BCUT2D eigenvalue weighted by atomic mass is 16.2. The van der Waals surface area contributed by atoms with E-state index in [0.717, 1.165) is 47.0 Å². The molecule has 4 aromatic rings. The molecule has 0 unspecified atom stereocenters. The van der Waals surface area contributed by atoms with Crippen molar-refractivity contribution in [2.24, 2.45) is 0 Å². The predicted octanol–water partition coefficient (Wildman–Crippen LogP) is 3.49. The third-order valence-electron chi connectivity index (χ3n) is 6.14. The van der Waals surface area contributed by atoms with E-state index < -0.39 is 0 Å². The Morgan fingerprint density at radius 1 is 0.848 bits per heavy atom. The molecule has 0 aliphatic heterocycles. The zero-order chi connectivity index (χ0) is 22.6. The van der Waals surface area contributed by atoms with E-state index in [4.69, 9.17) is 5.10 Å². The number of fused-ring (bicyclic) bond motifs is 2. The first kappa shape index (κ1) is 20.9. The zero-order valence-corrected chi connectivity index (χ0v) is 18.4. The number of para-hydroxylation sites is 1. The number of nitrogens with one attached hydrogen (secondary N) is 2. The van der Waals surface area contributed by atoms with Crippen LogP contribution in [0.4, 0.5) is 0 Å². The van der Waals surface area contributed by atoms with Gasteiger partial charge in [0, 0.05) is 5.69 Å². The minimum absolute atomic E-state index is 0.0504. The largest absolute Gasteiger partial charge is 0.349 e. The average Bonchev–Trinajstić information content (AvgIpc) is 3.46. The standard InChI is InChI=1S/C27H26N4O2/c32-26(16-20-10-6-9-19-8-4-5-13-22(19)20)29-18-27(33)28-17-24-23-14-7-15-25(23)31(30-24)21-11-2-1-3-12-21/h1-6,8-13H,7,14-18H2,(H,28,33)(H,29,32). The van der Waals surface area contributed by atoms with Crippen molar-refractivity contribution in [3.05, 3.63) is 95.3 Å². The lowest BCUT2D eigenvalue weighted by atomic mass is 10.0. The van der Waals surface area contributed by atoms with Crippen molar-refractivity contribution in [1.82, 2.24) is 20.4 Å². The molecule has 0 saturated carbocycles. The fourth-order valence-corrected chi connectivity index (χ4v) is 4.54. The van der Waals surface area contributed by atoms with Crippen molar-refractivity contribution in [1.29, 1.82) is 0 Å². The van der Waals surface area contributed by atoms with Gasteiger partial charge in [-0.3, -0.25) is 9.59 Å². The summed E-state index contributed by atoms with van der Waals surface area (Å²) in [5, 5.41) is 12.6. The van der Waals surface area contributed by atoms with Crippen LogP contribution >= 0.6 is 0 Å². The van der Waals surface area contributed by atoms with E-state index in [2.05, 4.69) is 10.6 Å². The predicted molar refractivity (Wildman–Crippen MR) is 128 cm³/mol. The van der Waals surface area contributed by atoms with Gasteiger partial charge in [0.15, 0.2) is 0 Å². The molecule has 1 aliphatic carbocycles. The molecular weight excluding hydrogens is 412 g/mol. The molecule has 0 atom stereocenters. The van der Waals surface area contributed by atoms with Crippen LogP contribution in [0.25, 0.3) is 16.5 Å². The first-order valence-corrected chi connectivity index (χ1v) is 11.3. The van der Waals surface area contributed by atoms with E-state index in [1.54, 1.807) is 0 Å². The van der Waals surface area contributed by atoms with Gasteiger partial charge in [0.2, 0.25) is 11.8 Å². The van der Waals surface area contributed by atoms with Crippen molar-refractivity contribution in [3.63, 3.8) is 0 Å². The maximum Gasteiger partial charge on any atom is 0.239 e. The normalized spacial score (nSPS) is 12.5. The Morgan fingerprint density at radius 2 is 1.64 bits per heavy atom. The van der Waals surface area contributed by atoms with Gasteiger partial charge in [-0.15, -0.1) is 0 Å². The zero-order valence-electron chi connectivity index (χ0n) is 18.4. The molecule has 1 aromatic heterocycles. The molecule has 1 aliphatic rings. The minimum atomic E-state index is -0.220. The maximum absolute atomic E-state index is 12.4. The van der Waals surface area contributed by atoms with E-state index in [1.165, 1.54) is 11.3 Å². The smallest absolute Gasteiger partial charge is 0.239 e. The van der Waals surface area contributed by atoms with Crippen LogP contribution in [0.2, 0.25) is 0 Å². The lowest BCUT2D eigenvalue weighted by molar-refractivity contribution is -0.125. The van der Waals surface area contributed by atoms with Crippen LogP contribution in [0, 0.1) is 0 Å². The van der Waals surface area contributed by atoms with E-state index in [0.29, 0.717) is 6.54 Å². The highest BCUT2D eigenvalue weighted by Crippen LogP contribution is 2.27. The topological polar surface area (TPSA) is 76.0 Å². The Labute approximate surface area is 192 Å². The number of rotatable bonds is 7. The Hall–Kier alpha value is -3.93. The van der Waals surface area contributed by atoms with Gasteiger partial charge in [0.1, 0.15) is 0 Å². The summed E-state index contributed by atoms with van der Waals surface area (Å²) in [5.41, 5.74) is 5.36. The third-order valence-corrected chi connectivity index (χ3v) is 6.14. The van der Waals surface area contributed by atoms with Gasteiger partial charge in [-0.25, -0.2) is 4.68 Å². The number of hydrogen-bond acceptors (Lipinski definition) is 3. The number of aromatic nitrogens is 2. The second-order valence-electron chi connectivity index (χ2n) is 8.34. The third kappa shape index (κ3) is 4.51. The van der Waals surface area contributed by atoms with Gasteiger partial charge >= 0.3 is 0 Å². The van der Waals surface area contributed by atoms with E-state index in [9.17, 15) is 9.59 Å². The summed E-state index contributed by atoms with van der Waals surface area (Å²) in [6.07, 6.45) is 3.32. The molecule has 166 valence electrons. The molecule has 2 amide bonds. The van der Waals surface area contributed by atoms with Crippen LogP contribution in [-0.2, 0) is 35.4 Å². The highest BCUT2D eigenvalue weighted by molar-refractivity contribution is 5.91. The number of carbonyl (C=O) groups excluding carboxylic acids is 2. The maximum atomic E-state index is 12.4. The lowest BCUT2D eigenvalue weighted by Gasteiger charge is -2.09. The number of nitrogens with zero attached hydrogens (tertiary/aromatic N) is 2. The van der Waals surface area contributed by atoms with Crippen LogP contribution in [0.5, 0.6) is 0 Å². The monoisotopic (exact) mass is 438 g/mol. The number of amides is 2. The van der Waals surface area contributed by atoms with Crippen molar-refractivity contribution in [2.45, 2.75) is 32.2 Å². The number of hydrogen-bond donors (Lipinski definition) is 2. The van der Waals surface area contributed by atoms with Crippen LogP contribution in [0.3, 0.4) is 0 Å². The molecular formula is C27H26N4O2. The quantitative estimate of drug-likeness (QED) is 0.464. The summed E-state index contributed by atoms with van der Waals surface area (Å²) in [6, 6.07) is 24.0. The Balaban J connectivity index is 1.17. The minimum Gasteiger partial charge on any atom is -0.349 e. The van der Waals surface area contributed by atoms with E-state index in [-0.39, 0.29) is 24.8 Å². The highest BCUT2D eigenvalue weighted by Gasteiger charge is 2.23. The molecule has 1 heterocycles. The summed E-state index contributed by atoms with van der Waals surface area (Å²) in [4.78, 5) is 24.8. The van der Waals surface area contributed by atoms with Gasteiger partial charge in [-0.1, -0.05) is 60.7 Å². The molecule has 0 radical (unpaired) electrons. The van der Waals surface area contributed by atoms with E-state index >= 15 is 0 Å². The molecule has 0 spiro atoms. The van der Waals surface area contributed by atoms with Crippen LogP contribution < -0.4 is 10.6 Å². The van der Waals surface area contributed by atoms with Crippen LogP contribution in [0.1, 0.15) is 28.9 Å². The van der Waals surface area contributed by atoms with Crippen molar-refractivity contribution in [3.8, 4) is 5.69 Å². The molecule has 2 N–H and O–H groups in total. The van der Waals surface area contributed by atoms with Gasteiger partial charge < -0.3 is 10.6 Å². The van der Waals surface area contributed by atoms with Gasteiger partial charge in [-0.05, 0) is 53.3 Å². The van der Waals surface area contributed by atoms with Gasteiger partial charge in [-0.2, -0.15) is 5.10 Å². The van der Waals surface area contributed by atoms with Gasteiger partial charge in [0.25, 0.3) is 0 Å². The summed E-state index contributed by atoms with van der Waals surface area (Å²) < 4.78 is 2.00. The summed E-state index contributed by atoms with van der Waals surface area (Å²) >= 11 is 0.